The van der Waals surface area contributed by atoms with Crippen molar-refractivity contribution in [3.63, 3.8) is 0 Å². The molecule has 9 heteroatoms. The average Bonchev–Trinajstić information content (AvgIpc) is 3.13. The molecule has 0 aliphatic carbocycles. The summed E-state index contributed by atoms with van der Waals surface area (Å²) in [5.74, 6) is -3.19. The smallest absolute Gasteiger partial charge is 0.307 e. The lowest BCUT2D eigenvalue weighted by atomic mass is 10.2. The topological polar surface area (TPSA) is 88.7 Å². The van der Waals surface area contributed by atoms with E-state index in [2.05, 4.69) is 10.5 Å². The Morgan fingerprint density at radius 1 is 1.04 bits per heavy atom. The molecule has 144 valence electrons. The fourth-order valence-corrected chi connectivity index (χ4v) is 3.56. The monoisotopic (exact) mass is 404 g/mol. The first-order chi connectivity index (χ1) is 13.3. The molecule has 0 aliphatic rings. The first-order valence-corrected chi connectivity index (χ1v) is 9.65. The van der Waals surface area contributed by atoms with Crippen LogP contribution >= 0.6 is 0 Å². The van der Waals surface area contributed by atoms with Gasteiger partial charge in [0.1, 0.15) is 11.5 Å². The Morgan fingerprint density at radius 3 is 2.50 bits per heavy atom. The number of nitrogens with zero attached hydrogens (tertiary/aromatic N) is 1. The molecular formula is C19H14F2N2O4S. The van der Waals surface area contributed by atoms with Crippen LogP contribution in [0, 0.1) is 11.6 Å². The van der Waals surface area contributed by atoms with Crippen molar-refractivity contribution in [2.45, 2.75) is 10.6 Å². The first-order valence-electron chi connectivity index (χ1n) is 8.00. The van der Waals surface area contributed by atoms with Gasteiger partial charge < -0.3 is 4.42 Å². The maximum atomic E-state index is 13.1. The summed E-state index contributed by atoms with van der Waals surface area (Å²) in [6.07, 6.45) is 1.13. The van der Waals surface area contributed by atoms with Crippen LogP contribution in [-0.2, 0) is 15.6 Å². The largest absolute Gasteiger partial charge is 0.455 e. The van der Waals surface area contributed by atoms with Gasteiger partial charge in [-0.1, -0.05) is 24.3 Å². The van der Waals surface area contributed by atoms with E-state index < -0.39 is 33.1 Å². The summed E-state index contributed by atoms with van der Waals surface area (Å²) in [7, 11) is -3.61. The van der Waals surface area contributed by atoms with Crippen LogP contribution in [-0.4, -0.2) is 20.5 Å². The van der Waals surface area contributed by atoms with Gasteiger partial charge in [-0.2, -0.15) is 5.10 Å². The van der Waals surface area contributed by atoms with Crippen LogP contribution in [0.15, 0.2) is 75.1 Å². The lowest BCUT2D eigenvalue weighted by molar-refractivity contribution is 0.0926. The number of hydrogen-bond donors (Lipinski definition) is 1. The third-order valence-electron chi connectivity index (χ3n) is 3.64. The highest BCUT2D eigenvalue weighted by molar-refractivity contribution is 7.90. The van der Waals surface area contributed by atoms with Gasteiger partial charge in [0.05, 0.1) is 11.1 Å². The van der Waals surface area contributed by atoms with Crippen LogP contribution in [0.2, 0.25) is 0 Å². The first kappa shape index (κ1) is 19.4. The van der Waals surface area contributed by atoms with Crippen LogP contribution in [0.4, 0.5) is 8.78 Å². The second-order valence-electron chi connectivity index (χ2n) is 5.71. The quantitative estimate of drug-likeness (QED) is 0.504. The molecular weight excluding hydrogens is 390 g/mol. The lowest BCUT2D eigenvalue weighted by Gasteiger charge is -2.02. The van der Waals surface area contributed by atoms with Crippen molar-refractivity contribution in [2.24, 2.45) is 5.10 Å². The molecule has 3 aromatic rings. The number of carbonyl (C=O) groups is 1. The number of amides is 1. The van der Waals surface area contributed by atoms with Crippen molar-refractivity contribution in [1.82, 2.24) is 5.43 Å². The molecule has 3 rings (SSSR count). The molecule has 1 amide bonds. The summed E-state index contributed by atoms with van der Waals surface area (Å²) in [5.41, 5.74) is 2.40. The van der Waals surface area contributed by atoms with Gasteiger partial charge in [-0.25, -0.2) is 22.6 Å². The number of sulfone groups is 1. The van der Waals surface area contributed by atoms with Gasteiger partial charge in [0.25, 0.3) is 0 Å². The minimum atomic E-state index is -3.61. The SMILES string of the molecule is O=C(N/N=C\c1ccc(F)c(F)c1)c1ccc(CS(=O)(=O)c2ccccc2)o1. The highest BCUT2D eigenvalue weighted by Crippen LogP contribution is 2.18. The van der Waals surface area contributed by atoms with Crippen LogP contribution in [0.5, 0.6) is 0 Å². The third kappa shape index (κ3) is 4.68. The summed E-state index contributed by atoms with van der Waals surface area (Å²) >= 11 is 0. The second-order valence-corrected chi connectivity index (χ2v) is 7.70. The molecule has 0 saturated heterocycles. The summed E-state index contributed by atoms with van der Waals surface area (Å²) in [6.45, 7) is 0. The van der Waals surface area contributed by atoms with Gasteiger partial charge >= 0.3 is 5.91 Å². The molecule has 1 N–H and O–H groups in total. The Morgan fingerprint density at radius 2 is 1.79 bits per heavy atom. The van der Waals surface area contributed by atoms with E-state index in [0.29, 0.717) is 0 Å². The van der Waals surface area contributed by atoms with Gasteiger partial charge in [0.2, 0.25) is 0 Å². The van der Waals surface area contributed by atoms with E-state index in [-0.39, 0.29) is 22.0 Å². The second kappa shape index (κ2) is 8.13. The zero-order valence-electron chi connectivity index (χ0n) is 14.3. The Labute approximate surface area is 159 Å². The van der Waals surface area contributed by atoms with E-state index in [1.165, 1.54) is 30.3 Å². The molecule has 0 spiro atoms. The maximum absolute atomic E-state index is 13.1. The predicted molar refractivity (Wildman–Crippen MR) is 97.5 cm³/mol. The molecule has 28 heavy (non-hydrogen) atoms. The number of rotatable bonds is 6. The predicted octanol–water partition coefficient (Wildman–Crippen LogP) is 3.30. The molecule has 0 fully saturated rings. The average molecular weight is 404 g/mol. The Hall–Kier alpha value is -3.33. The molecule has 0 aliphatic heterocycles. The minimum absolute atomic E-state index is 0.0959. The van der Waals surface area contributed by atoms with E-state index in [4.69, 9.17) is 4.42 Å². The van der Waals surface area contributed by atoms with Crippen molar-refractivity contribution in [3.05, 3.63) is 89.4 Å². The highest BCUT2D eigenvalue weighted by Gasteiger charge is 2.19. The van der Waals surface area contributed by atoms with Gasteiger partial charge in [-0.05, 0) is 42.0 Å². The normalized spacial score (nSPS) is 11.6. The van der Waals surface area contributed by atoms with E-state index >= 15 is 0 Å². The molecule has 0 bridgehead atoms. The molecule has 0 unspecified atom stereocenters. The van der Waals surface area contributed by atoms with Crippen molar-refractivity contribution in [2.75, 3.05) is 0 Å². The molecule has 0 radical (unpaired) electrons. The van der Waals surface area contributed by atoms with Gasteiger partial charge in [0.15, 0.2) is 27.2 Å². The van der Waals surface area contributed by atoms with Gasteiger partial charge in [-0.15, -0.1) is 0 Å². The third-order valence-corrected chi connectivity index (χ3v) is 5.30. The number of furan rings is 1. The Bertz CT molecular complexity index is 1130. The standard InChI is InChI=1S/C19H14F2N2O4S/c20-16-8-6-13(10-17(16)21)11-22-23-19(24)18-9-7-14(27-18)12-28(25,26)15-4-2-1-3-5-15/h1-11H,12H2,(H,23,24)/b22-11-. The minimum Gasteiger partial charge on any atom is -0.455 e. The van der Waals surface area contributed by atoms with Crippen LogP contribution < -0.4 is 5.43 Å². The van der Waals surface area contributed by atoms with Crippen molar-refractivity contribution in [1.29, 1.82) is 0 Å². The molecule has 0 atom stereocenters. The van der Waals surface area contributed by atoms with E-state index in [0.717, 1.165) is 18.3 Å². The highest BCUT2D eigenvalue weighted by atomic mass is 32.2. The lowest BCUT2D eigenvalue weighted by Crippen LogP contribution is -2.16. The summed E-state index contributed by atoms with van der Waals surface area (Å²) in [4.78, 5) is 12.1. The van der Waals surface area contributed by atoms with Crippen molar-refractivity contribution < 1.29 is 26.4 Å². The van der Waals surface area contributed by atoms with Crippen LogP contribution in [0.25, 0.3) is 0 Å². The van der Waals surface area contributed by atoms with Crippen LogP contribution in [0.3, 0.4) is 0 Å². The molecule has 2 aromatic carbocycles. The zero-order valence-corrected chi connectivity index (χ0v) is 15.1. The van der Waals surface area contributed by atoms with Crippen LogP contribution in [0.1, 0.15) is 21.9 Å². The summed E-state index contributed by atoms with van der Waals surface area (Å²) in [5, 5.41) is 3.63. The molecule has 0 saturated carbocycles. The van der Waals surface area contributed by atoms with E-state index in [9.17, 15) is 22.0 Å². The molecule has 1 heterocycles. The zero-order chi connectivity index (χ0) is 20.1. The summed E-state index contributed by atoms with van der Waals surface area (Å²) < 4.78 is 55.9. The maximum Gasteiger partial charge on any atom is 0.307 e. The number of nitrogens with one attached hydrogen (secondary N) is 1. The number of benzene rings is 2. The van der Waals surface area contributed by atoms with Gasteiger partial charge in [-0.3, -0.25) is 4.79 Å². The molecule has 6 nitrogen and oxygen atoms in total. The number of hydrogen-bond acceptors (Lipinski definition) is 5. The van der Waals surface area contributed by atoms with E-state index in [1.807, 2.05) is 0 Å². The fraction of sp³-hybridized carbons (Fsp3) is 0.0526. The number of hydrazone groups is 1. The number of halogens is 2. The Balaban J connectivity index is 1.64. The number of carbonyl (C=O) groups excluding carboxylic acids is 1. The Kier molecular flexibility index (Phi) is 5.65. The van der Waals surface area contributed by atoms with Crippen molar-refractivity contribution in [3.8, 4) is 0 Å². The van der Waals surface area contributed by atoms with Crippen molar-refractivity contribution >= 4 is 22.0 Å². The fourth-order valence-electron chi connectivity index (χ4n) is 2.29. The molecule has 1 aromatic heterocycles. The van der Waals surface area contributed by atoms with Gasteiger partial charge in [0, 0.05) is 0 Å². The van der Waals surface area contributed by atoms with E-state index in [1.54, 1.807) is 18.2 Å². The summed E-state index contributed by atoms with van der Waals surface area (Å²) in [6, 6.07) is 13.7.